The van der Waals surface area contributed by atoms with Gasteiger partial charge >= 0.3 is 11.9 Å². The molecule has 1 amide bonds. The molecule has 1 rings (SSSR count). The summed E-state index contributed by atoms with van der Waals surface area (Å²) in [4.78, 5) is 21.9. The van der Waals surface area contributed by atoms with E-state index in [2.05, 4.69) is 15.2 Å². The Balaban J connectivity index is 2.65. The van der Waals surface area contributed by atoms with E-state index in [4.69, 9.17) is 0 Å². The topological polar surface area (TPSA) is 73.2 Å². The fourth-order valence-electron chi connectivity index (χ4n) is 0.952. The molecule has 0 bridgehead atoms. The fourth-order valence-corrected chi connectivity index (χ4v) is 0.952. The average molecular weight is 211 g/mol. The molecule has 0 atom stereocenters. The molecular formula is C9H13N3O3. The summed E-state index contributed by atoms with van der Waals surface area (Å²) in [5.74, 6) is -1.43. The quantitative estimate of drug-likeness (QED) is 0.573. The molecule has 15 heavy (non-hydrogen) atoms. The highest BCUT2D eigenvalue weighted by Crippen LogP contribution is 2.07. The number of hydrogen-bond acceptors (Lipinski definition) is 4. The summed E-state index contributed by atoms with van der Waals surface area (Å²) >= 11 is 0. The van der Waals surface area contributed by atoms with Crippen molar-refractivity contribution < 1.29 is 14.3 Å². The molecule has 1 N–H and O–H groups in total. The molecule has 0 radical (unpaired) electrons. The van der Waals surface area contributed by atoms with Gasteiger partial charge in [0.2, 0.25) is 0 Å². The Morgan fingerprint density at radius 3 is 2.67 bits per heavy atom. The van der Waals surface area contributed by atoms with Crippen LogP contribution in [-0.4, -0.2) is 28.8 Å². The molecule has 1 aromatic heterocycles. The highest BCUT2D eigenvalue weighted by molar-refractivity contribution is 6.37. The maximum Gasteiger partial charge on any atom is 0.396 e. The number of carbonyl (C=O) groups is 2. The lowest BCUT2D eigenvalue weighted by Gasteiger charge is -2.03. The van der Waals surface area contributed by atoms with Crippen LogP contribution in [0, 0.1) is 0 Å². The fraction of sp³-hybridized carbons (Fsp3) is 0.444. The summed E-state index contributed by atoms with van der Waals surface area (Å²) in [7, 11) is 1.15. The molecule has 0 aliphatic heterocycles. The molecule has 0 fully saturated rings. The Labute approximate surface area is 87.2 Å². The van der Waals surface area contributed by atoms with Crippen LogP contribution in [0.15, 0.2) is 12.3 Å². The second-order valence-electron chi connectivity index (χ2n) is 3.22. The zero-order valence-corrected chi connectivity index (χ0v) is 8.85. The molecular weight excluding hydrogens is 198 g/mol. The zero-order valence-electron chi connectivity index (χ0n) is 8.85. The number of amides is 1. The van der Waals surface area contributed by atoms with Crippen LogP contribution in [0.2, 0.25) is 0 Å². The van der Waals surface area contributed by atoms with Crippen molar-refractivity contribution >= 4 is 17.7 Å². The predicted molar refractivity (Wildman–Crippen MR) is 53.3 cm³/mol. The summed E-state index contributed by atoms with van der Waals surface area (Å²) in [5, 5.41) is 6.37. The molecule has 82 valence electrons. The number of nitrogens with one attached hydrogen (secondary N) is 1. The van der Waals surface area contributed by atoms with Gasteiger partial charge in [-0.3, -0.25) is 14.8 Å². The maximum atomic E-state index is 11.1. The lowest BCUT2D eigenvalue weighted by Crippen LogP contribution is -2.24. The summed E-state index contributed by atoms with van der Waals surface area (Å²) in [6.07, 6.45) is 1.72. The monoisotopic (exact) mass is 211 g/mol. The normalized spacial score (nSPS) is 10.1. The van der Waals surface area contributed by atoms with Crippen molar-refractivity contribution in [2.75, 3.05) is 12.4 Å². The van der Waals surface area contributed by atoms with Gasteiger partial charge in [0, 0.05) is 18.3 Å². The van der Waals surface area contributed by atoms with Crippen molar-refractivity contribution in [3.63, 3.8) is 0 Å². The van der Waals surface area contributed by atoms with Crippen LogP contribution in [0.25, 0.3) is 0 Å². The van der Waals surface area contributed by atoms with Gasteiger partial charge in [-0.15, -0.1) is 0 Å². The number of rotatable bonds is 2. The molecule has 1 aromatic rings. The molecule has 0 saturated carbocycles. The van der Waals surface area contributed by atoms with Gasteiger partial charge in [-0.2, -0.15) is 5.10 Å². The molecule has 0 aliphatic rings. The first-order valence-corrected chi connectivity index (χ1v) is 4.49. The number of aromatic nitrogens is 2. The van der Waals surface area contributed by atoms with Crippen molar-refractivity contribution in [3.8, 4) is 0 Å². The van der Waals surface area contributed by atoms with E-state index in [9.17, 15) is 9.59 Å². The van der Waals surface area contributed by atoms with Gasteiger partial charge in [0.25, 0.3) is 0 Å². The van der Waals surface area contributed by atoms with Crippen LogP contribution in [-0.2, 0) is 14.3 Å². The van der Waals surface area contributed by atoms with Gasteiger partial charge in [0.1, 0.15) is 0 Å². The van der Waals surface area contributed by atoms with Crippen molar-refractivity contribution in [2.24, 2.45) is 0 Å². The van der Waals surface area contributed by atoms with E-state index in [1.165, 1.54) is 0 Å². The van der Waals surface area contributed by atoms with Crippen LogP contribution in [0.1, 0.15) is 19.9 Å². The minimum atomic E-state index is -0.936. The molecule has 6 heteroatoms. The minimum Gasteiger partial charge on any atom is -0.462 e. The Hall–Kier alpha value is -1.85. The first-order chi connectivity index (χ1) is 7.04. The number of nitrogens with zero attached hydrogens (tertiary/aromatic N) is 2. The molecule has 1 heterocycles. The second kappa shape index (κ2) is 4.59. The Kier molecular flexibility index (Phi) is 3.43. The average Bonchev–Trinajstić information content (AvgIpc) is 2.65. The SMILES string of the molecule is COC(=O)C(=O)Nc1ccn(C(C)C)n1. The number of hydrogen-bond donors (Lipinski definition) is 1. The number of anilines is 1. The first kappa shape index (κ1) is 11.2. The van der Waals surface area contributed by atoms with Gasteiger partial charge in [-0.1, -0.05) is 0 Å². The van der Waals surface area contributed by atoms with E-state index in [1.807, 2.05) is 13.8 Å². The Morgan fingerprint density at radius 1 is 1.53 bits per heavy atom. The standard InChI is InChI=1S/C9H13N3O3/c1-6(2)12-5-4-7(11-12)10-8(13)9(14)15-3/h4-6H,1-3H3,(H,10,11,13). The van der Waals surface area contributed by atoms with E-state index < -0.39 is 11.9 Å². The molecule has 0 saturated heterocycles. The molecule has 0 spiro atoms. The van der Waals surface area contributed by atoms with Crippen molar-refractivity contribution in [3.05, 3.63) is 12.3 Å². The molecule has 0 aromatic carbocycles. The smallest absolute Gasteiger partial charge is 0.396 e. The second-order valence-corrected chi connectivity index (χ2v) is 3.22. The van der Waals surface area contributed by atoms with Gasteiger partial charge < -0.3 is 4.74 Å². The van der Waals surface area contributed by atoms with Crippen LogP contribution >= 0.6 is 0 Å². The lowest BCUT2D eigenvalue weighted by molar-refractivity contribution is -0.150. The van der Waals surface area contributed by atoms with Crippen LogP contribution in [0.4, 0.5) is 5.82 Å². The van der Waals surface area contributed by atoms with Crippen molar-refractivity contribution in [1.29, 1.82) is 0 Å². The largest absolute Gasteiger partial charge is 0.462 e. The van der Waals surface area contributed by atoms with Gasteiger partial charge in [-0.25, -0.2) is 4.79 Å². The number of esters is 1. The van der Waals surface area contributed by atoms with Crippen LogP contribution < -0.4 is 5.32 Å². The van der Waals surface area contributed by atoms with E-state index in [0.29, 0.717) is 5.82 Å². The highest BCUT2D eigenvalue weighted by atomic mass is 16.5. The van der Waals surface area contributed by atoms with Gasteiger partial charge in [-0.05, 0) is 13.8 Å². The van der Waals surface area contributed by atoms with Gasteiger partial charge in [0.15, 0.2) is 5.82 Å². The summed E-state index contributed by atoms with van der Waals surface area (Å²) < 4.78 is 5.93. The molecule has 6 nitrogen and oxygen atoms in total. The Bertz CT molecular complexity index is 370. The van der Waals surface area contributed by atoms with E-state index in [1.54, 1.807) is 16.9 Å². The number of methoxy groups -OCH3 is 1. The van der Waals surface area contributed by atoms with E-state index >= 15 is 0 Å². The lowest BCUT2D eigenvalue weighted by atomic mass is 10.4. The molecule has 0 aliphatic carbocycles. The van der Waals surface area contributed by atoms with Crippen molar-refractivity contribution in [1.82, 2.24) is 9.78 Å². The predicted octanol–water partition coefficient (Wildman–Crippen LogP) is 0.575. The number of carbonyl (C=O) groups excluding carboxylic acids is 2. The zero-order chi connectivity index (χ0) is 11.4. The van der Waals surface area contributed by atoms with Crippen LogP contribution in [0.3, 0.4) is 0 Å². The first-order valence-electron chi connectivity index (χ1n) is 4.49. The maximum absolute atomic E-state index is 11.1. The summed E-state index contributed by atoms with van der Waals surface area (Å²) in [5.41, 5.74) is 0. The van der Waals surface area contributed by atoms with E-state index in [-0.39, 0.29) is 6.04 Å². The molecule has 0 unspecified atom stereocenters. The number of ether oxygens (including phenoxy) is 1. The van der Waals surface area contributed by atoms with Crippen LogP contribution in [0.5, 0.6) is 0 Å². The third kappa shape index (κ3) is 2.80. The summed E-state index contributed by atoms with van der Waals surface area (Å²) in [6.45, 7) is 3.91. The summed E-state index contributed by atoms with van der Waals surface area (Å²) in [6, 6.07) is 1.81. The highest BCUT2D eigenvalue weighted by Gasteiger charge is 2.14. The Morgan fingerprint density at radius 2 is 2.20 bits per heavy atom. The van der Waals surface area contributed by atoms with E-state index in [0.717, 1.165) is 7.11 Å². The third-order valence-electron chi connectivity index (χ3n) is 1.75. The minimum absolute atomic E-state index is 0.203. The third-order valence-corrected chi connectivity index (χ3v) is 1.75. The van der Waals surface area contributed by atoms with Gasteiger partial charge in [0.05, 0.1) is 7.11 Å². The van der Waals surface area contributed by atoms with Crippen molar-refractivity contribution in [2.45, 2.75) is 19.9 Å².